The van der Waals surface area contributed by atoms with Gasteiger partial charge in [0.2, 0.25) is 0 Å². The molecule has 1 atom stereocenters. The van der Waals surface area contributed by atoms with Gasteiger partial charge in [-0.05, 0) is 43.4 Å². The Morgan fingerprint density at radius 3 is 2.70 bits per heavy atom. The van der Waals surface area contributed by atoms with Gasteiger partial charge in [0.25, 0.3) is 5.91 Å². The van der Waals surface area contributed by atoms with Crippen LogP contribution in [0.3, 0.4) is 0 Å². The van der Waals surface area contributed by atoms with Gasteiger partial charge in [0, 0.05) is 11.3 Å². The summed E-state index contributed by atoms with van der Waals surface area (Å²) in [5.74, 6) is 1.55. The van der Waals surface area contributed by atoms with Crippen molar-refractivity contribution in [2.75, 3.05) is 24.7 Å². The van der Waals surface area contributed by atoms with Gasteiger partial charge in [-0.1, -0.05) is 0 Å². The molecule has 2 aliphatic heterocycles. The number of Topliss-reactive ketones (excluding diaryl/α,β-unsaturated/α-hetero) is 1. The van der Waals surface area contributed by atoms with Gasteiger partial charge in [0.05, 0.1) is 13.2 Å². The Kier molecular flexibility index (Phi) is 4.30. The molecule has 2 heterocycles. The van der Waals surface area contributed by atoms with E-state index in [1.165, 1.54) is 0 Å². The molecule has 1 unspecified atom stereocenters. The fraction of sp³-hybridized carbons (Fsp3) is 0.438. The molecule has 6 nitrogen and oxygen atoms in total. The number of carbonyl (C=O) groups is 3. The van der Waals surface area contributed by atoms with E-state index >= 15 is 0 Å². The lowest BCUT2D eigenvalue weighted by molar-refractivity contribution is -0.130. The summed E-state index contributed by atoms with van der Waals surface area (Å²) in [5.41, 5.74) is -0.350. The molecule has 0 aliphatic carbocycles. The molecule has 3 rings (SSSR count). The van der Waals surface area contributed by atoms with E-state index in [2.05, 4.69) is 5.32 Å². The number of ketones is 1. The van der Waals surface area contributed by atoms with Crippen molar-refractivity contribution in [1.29, 1.82) is 0 Å². The molecule has 0 bridgehead atoms. The van der Waals surface area contributed by atoms with Crippen LogP contribution in [-0.2, 0) is 4.79 Å². The van der Waals surface area contributed by atoms with Crippen LogP contribution < -0.4 is 10.1 Å². The van der Waals surface area contributed by atoms with Gasteiger partial charge >= 0.3 is 6.03 Å². The van der Waals surface area contributed by atoms with Gasteiger partial charge in [0.1, 0.15) is 11.3 Å². The third-order valence-electron chi connectivity index (χ3n) is 4.06. The molecule has 2 fully saturated rings. The third kappa shape index (κ3) is 2.93. The maximum atomic E-state index is 12.5. The number of amides is 3. The summed E-state index contributed by atoms with van der Waals surface area (Å²) in [6, 6.07) is 6.23. The second-order valence-electron chi connectivity index (χ2n) is 5.59. The summed E-state index contributed by atoms with van der Waals surface area (Å²) >= 11 is 1.64. The molecule has 23 heavy (non-hydrogen) atoms. The summed E-state index contributed by atoms with van der Waals surface area (Å²) in [7, 11) is 0. The summed E-state index contributed by atoms with van der Waals surface area (Å²) in [4.78, 5) is 37.9. The first-order valence-corrected chi connectivity index (χ1v) is 8.69. The molecule has 3 amide bonds. The molecule has 122 valence electrons. The smallest absolute Gasteiger partial charge is 0.325 e. The van der Waals surface area contributed by atoms with Crippen LogP contribution in [-0.4, -0.2) is 52.8 Å². The number of hydrogen-bond donors (Lipinski definition) is 1. The second-order valence-corrected chi connectivity index (χ2v) is 6.69. The molecule has 2 aliphatic rings. The van der Waals surface area contributed by atoms with Crippen LogP contribution in [0.15, 0.2) is 24.3 Å². The predicted molar refractivity (Wildman–Crippen MR) is 86.9 cm³/mol. The van der Waals surface area contributed by atoms with Crippen LogP contribution in [0, 0.1) is 0 Å². The van der Waals surface area contributed by atoms with Crippen molar-refractivity contribution in [2.45, 2.75) is 18.9 Å². The maximum absolute atomic E-state index is 12.5. The first-order valence-electron chi connectivity index (χ1n) is 7.54. The highest BCUT2D eigenvalue weighted by molar-refractivity contribution is 7.99. The van der Waals surface area contributed by atoms with Crippen LogP contribution in [0.25, 0.3) is 0 Å². The maximum Gasteiger partial charge on any atom is 0.325 e. The lowest BCUT2D eigenvalue weighted by Crippen LogP contribution is -2.47. The molecule has 0 radical (unpaired) electrons. The Morgan fingerprint density at radius 1 is 1.35 bits per heavy atom. The molecule has 0 saturated carbocycles. The Labute approximate surface area is 138 Å². The molecule has 2 saturated heterocycles. The lowest BCUT2D eigenvalue weighted by atomic mass is 9.99. The van der Waals surface area contributed by atoms with E-state index in [1.54, 1.807) is 36.0 Å². The Balaban J connectivity index is 1.70. The molecule has 1 aromatic carbocycles. The van der Waals surface area contributed by atoms with Crippen LogP contribution in [0.1, 0.15) is 23.7 Å². The Bertz CT molecular complexity index is 638. The lowest BCUT2D eigenvalue weighted by Gasteiger charge is -2.18. The quantitative estimate of drug-likeness (QED) is 0.655. The van der Waals surface area contributed by atoms with E-state index in [0.29, 0.717) is 30.1 Å². The Morgan fingerprint density at radius 2 is 2.09 bits per heavy atom. The van der Waals surface area contributed by atoms with E-state index in [0.717, 1.165) is 10.7 Å². The highest BCUT2D eigenvalue weighted by atomic mass is 32.2. The molecule has 1 N–H and O–H groups in total. The summed E-state index contributed by atoms with van der Waals surface area (Å²) in [5, 5.41) is 2.76. The number of imide groups is 1. The molecular weight excluding hydrogens is 316 g/mol. The third-order valence-corrected chi connectivity index (χ3v) is 5.25. The van der Waals surface area contributed by atoms with Gasteiger partial charge in [-0.3, -0.25) is 14.5 Å². The van der Waals surface area contributed by atoms with E-state index in [-0.39, 0.29) is 18.2 Å². The van der Waals surface area contributed by atoms with E-state index < -0.39 is 11.6 Å². The first kappa shape index (κ1) is 15.9. The topological polar surface area (TPSA) is 75.7 Å². The number of urea groups is 1. The highest BCUT2D eigenvalue weighted by Crippen LogP contribution is 2.33. The molecule has 1 aromatic rings. The van der Waals surface area contributed by atoms with E-state index in [1.807, 2.05) is 6.92 Å². The standard InChI is InChI=1S/C16H18N2O4S/c1-2-22-12-5-3-11(4-6-12)13(19)9-18-14(20)16(17-15(18)21)7-8-23-10-16/h3-6H,2,7-10H2,1H3,(H,17,21). The number of hydrogen-bond acceptors (Lipinski definition) is 5. The van der Waals surface area contributed by atoms with Gasteiger partial charge in [-0.15, -0.1) is 0 Å². The van der Waals surface area contributed by atoms with E-state index in [9.17, 15) is 14.4 Å². The number of ether oxygens (including phenoxy) is 1. The van der Waals surface area contributed by atoms with Crippen molar-refractivity contribution in [2.24, 2.45) is 0 Å². The van der Waals surface area contributed by atoms with Gasteiger partial charge < -0.3 is 10.1 Å². The van der Waals surface area contributed by atoms with Crippen LogP contribution in [0.2, 0.25) is 0 Å². The van der Waals surface area contributed by atoms with Crippen molar-refractivity contribution in [3.05, 3.63) is 29.8 Å². The minimum atomic E-state index is -0.805. The molecule has 1 spiro atoms. The fourth-order valence-corrected chi connectivity index (χ4v) is 4.12. The average molecular weight is 334 g/mol. The molecule has 7 heteroatoms. The SMILES string of the molecule is CCOc1ccc(C(=O)CN2C(=O)NC3(CCSC3)C2=O)cc1. The van der Waals surface area contributed by atoms with Gasteiger partial charge in [0.15, 0.2) is 5.78 Å². The van der Waals surface area contributed by atoms with Gasteiger partial charge in [-0.25, -0.2) is 4.79 Å². The minimum Gasteiger partial charge on any atom is -0.494 e. The van der Waals surface area contributed by atoms with Crippen molar-refractivity contribution in [1.82, 2.24) is 10.2 Å². The number of benzene rings is 1. The second kappa shape index (κ2) is 6.23. The normalized spacial score (nSPS) is 23.4. The summed E-state index contributed by atoms with van der Waals surface area (Å²) in [6.45, 7) is 2.20. The van der Waals surface area contributed by atoms with Crippen molar-refractivity contribution >= 4 is 29.5 Å². The van der Waals surface area contributed by atoms with Crippen LogP contribution >= 0.6 is 11.8 Å². The Hall–Kier alpha value is -2.02. The van der Waals surface area contributed by atoms with E-state index in [4.69, 9.17) is 4.74 Å². The predicted octanol–water partition coefficient (Wildman–Crippen LogP) is 1.70. The zero-order valence-electron chi connectivity index (χ0n) is 12.8. The number of rotatable bonds is 5. The number of nitrogens with one attached hydrogen (secondary N) is 1. The average Bonchev–Trinajstić information content (AvgIpc) is 3.10. The number of nitrogens with zero attached hydrogens (tertiary/aromatic N) is 1. The van der Waals surface area contributed by atoms with Crippen molar-refractivity contribution in [3.63, 3.8) is 0 Å². The van der Waals surface area contributed by atoms with Crippen molar-refractivity contribution in [3.8, 4) is 5.75 Å². The van der Waals surface area contributed by atoms with Gasteiger partial charge in [-0.2, -0.15) is 11.8 Å². The first-order chi connectivity index (χ1) is 11.1. The zero-order valence-corrected chi connectivity index (χ0v) is 13.6. The number of carbonyl (C=O) groups excluding carboxylic acids is 3. The monoisotopic (exact) mass is 334 g/mol. The fourth-order valence-electron chi connectivity index (χ4n) is 2.79. The highest BCUT2D eigenvalue weighted by Gasteiger charge is 2.53. The number of thioether (sulfide) groups is 1. The molecular formula is C16H18N2O4S. The zero-order chi connectivity index (χ0) is 16.4. The van der Waals surface area contributed by atoms with Crippen LogP contribution in [0.5, 0.6) is 5.75 Å². The summed E-state index contributed by atoms with van der Waals surface area (Å²) in [6.07, 6.45) is 0.621. The van der Waals surface area contributed by atoms with Crippen LogP contribution in [0.4, 0.5) is 4.79 Å². The molecule has 0 aromatic heterocycles. The largest absolute Gasteiger partial charge is 0.494 e. The minimum absolute atomic E-state index is 0.231. The van der Waals surface area contributed by atoms with Crippen molar-refractivity contribution < 1.29 is 19.1 Å². The summed E-state index contributed by atoms with van der Waals surface area (Å²) < 4.78 is 5.33.